The van der Waals surface area contributed by atoms with Gasteiger partial charge in [-0.05, 0) is 48.7 Å². The van der Waals surface area contributed by atoms with E-state index in [1.54, 1.807) is 47.7 Å². The average Bonchev–Trinajstić information content (AvgIpc) is 3.25. The SMILES string of the molecule is CCOc1ccccc1C(=O)NCC(=O)Nc1cccc(C#Cc2cccs2)c1. The first-order valence-electron chi connectivity index (χ1n) is 9.11. The summed E-state index contributed by atoms with van der Waals surface area (Å²) < 4.78 is 5.45. The van der Waals surface area contributed by atoms with Crippen LogP contribution in [-0.2, 0) is 4.79 Å². The number of para-hydroxylation sites is 1. The predicted molar refractivity (Wildman–Crippen MR) is 115 cm³/mol. The Morgan fingerprint density at radius 3 is 2.69 bits per heavy atom. The van der Waals surface area contributed by atoms with Crippen LogP contribution in [-0.4, -0.2) is 25.0 Å². The lowest BCUT2D eigenvalue weighted by Gasteiger charge is -2.10. The number of benzene rings is 2. The summed E-state index contributed by atoms with van der Waals surface area (Å²) in [6.07, 6.45) is 0. The zero-order valence-corrected chi connectivity index (χ0v) is 16.7. The van der Waals surface area contributed by atoms with Crippen LogP contribution in [0.25, 0.3) is 0 Å². The molecule has 3 aromatic rings. The largest absolute Gasteiger partial charge is 0.493 e. The summed E-state index contributed by atoms with van der Waals surface area (Å²) in [5, 5.41) is 7.36. The third kappa shape index (κ3) is 5.96. The fourth-order valence-corrected chi connectivity index (χ4v) is 3.13. The van der Waals surface area contributed by atoms with E-state index in [0.29, 0.717) is 23.6 Å². The van der Waals surface area contributed by atoms with Gasteiger partial charge in [-0.15, -0.1) is 11.3 Å². The molecule has 0 unspecified atom stereocenters. The van der Waals surface area contributed by atoms with Crippen LogP contribution in [0, 0.1) is 11.8 Å². The van der Waals surface area contributed by atoms with Gasteiger partial charge in [0.1, 0.15) is 5.75 Å². The van der Waals surface area contributed by atoms with Gasteiger partial charge in [0.2, 0.25) is 5.91 Å². The number of amides is 2. The van der Waals surface area contributed by atoms with E-state index in [0.717, 1.165) is 10.4 Å². The molecule has 1 aromatic heterocycles. The van der Waals surface area contributed by atoms with Gasteiger partial charge < -0.3 is 15.4 Å². The Bertz CT molecular complexity index is 1050. The summed E-state index contributed by atoms with van der Waals surface area (Å²) in [6, 6.07) is 18.1. The molecule has 0 fully saturated rings. The van der Waals surface area contributed by atoms with E-state index in [9.17, 15) is 9.59 Å². The van der Waals surface area contributed by atoms with Crippen LogP contribution in [0.5, 0.6) is 5.75 Å². The van der Waals surface area contributed by atoms with Gasteiger partial charge in [0.05, 0.1) is 23.6 Å². The molecule has 1 heterocycles. The van der Waals surface area contributed by atoms with Crippen molar-refractivity contribution in [3.8, 4) is 17.6 Å². The summed E-state index contributed by atoms with van der Waals surface area (Å²) in [5.41, 5.74) is 1.82. The molecule has 0 spiro atoms. The van der Waals surface area contributed by atoms with Crippen molar-refractivity contribution in [2.75, 3.05) is 18.5 Å². The maximum Gasteiger partial charge on any atom is 0.255 e. The van der Waals surface area contributed by atoms with Gasteiger partial charge in [0.15, 0.2) is 0 Å². The molecule has 0 aliphatic carbocycles. The van der Waals surface area contributed by atoms with E-state index >= 15 is 0 Å². The minimum Gasteiger partial charge on any atom is -0.493 e. The Balaban J connectivity index is 1.57. The lowest BCUT2D eigenvalue weighted by molar-refractivity contribution is -0.115. The molecule has 0 aliphatic rings. The standard InChI is InChI=1S/C23H20N2O3S/c1-2-28-21-11-4-3-10-20(21)23(27)24-16-22(26)25-18-8-5-7-17(15-18)12-13-19-9-6-14-29-19/h3-11,14-15H,2,16H2,1H3,(H,24,27)(H,25,26). The van der Waals surface area contributed by atoms with E-state index < -0.39 is 0 Å². The van der Waals surface area contributed by atoms with Crippen molar-refractivity contribution in [2.45, 2.75) is 6.92 Å². The fraction of sp³-hybridized carbons (Fsp3) is 0.130. The molecule has 146 valence electrons. The van der Waals surface area contributed by atoms with Crippen molar-refractivity contribution >= 4 is 28.8 Å². The van der Waals surface area contributed by atoms with Gasteiger partial charge in [-0.25, -0.2) is 0 Å². The Morgan fingerprint density at radius 1 is 1.03 bits per heavy atom. The Labute approximate surface area is 173 Å². The number of hydrogen-bond acceptors (Lipinski definition) is 4. The second-order valence-corrected chi connectivity index (χ2v) is 6.92. The molecule has 0 saturated carbocycles. The van der Waals surface area contributed by atoms with Gasteiger partial charge >= 0.3 is 0 Å². The minimum atomic E-state index is -0.361. The number of nitrogens with one attached hydrogen (secondary N) is 2. The van der Waals surface area contributed by atoms with Crippen molar-refractivity contribution in [3.63, 3.8) is 0 Å². The number of thiophene rings is 1. The lowest BCUT2D eigenvalue weighted by atomic mass is 10.2. The summed E-state index contributed by atoms with van der Waals surface area (Å²) in [5.74, 6) is 5.96. The number of carbonyl (C=O) groups is 2. The molecule has 5 nitrogen and oxygen atoms in total. The normalized spacial score (nSPS) is 9.83. The van der Waals surface area contributed by atoms with E-state index in [1.165, 1.54) is 0 Å². The highest BCUT2D eigenvalue weighted by molar-refractivity contribution is 7.10. The van der Waals surface area contributed by atoms with Gasteiger partial charge in [0, 0.05) is 11.3 Å². The summed E-state index contributed by atoms with van der Waals surface area (Å²) >= 11 is 1.58. The third-order valence-corrected chi connectivity index (χ3v) is 4.62. The van der Waals surface area contributed by atoms with Gasteiger partial charge in [-0.2, -0.15) is 0 Å². The number of hydrogen-bond donors (Lipinski definition) is 2. The maximum absolute atomic E-state index is 12.4. The molecule has 29 heavy (non-hydrogen) atoms. The van der Waals surface area contributed by atoms with Gasteiger partial charge in [-0.1, -0.05) is 36.1 Å². The Hall–Kier alpha value is -3.56. The van der Waals surface area contributed by atoms with Crippen LogP contribution in [0.15, 0.2) is 66.0 Å². The number of ether oxygens (including phenoxy) is 1. The molecule has 0 aliphatic heterocycles. The van der Waals surface area contributed by atoms with Crippen LogP contribution >= 0.6 is 11.3 Å². The van der Waals surface area contributed by atoms with E-state index in [1.807, 2.05) is 36.6 Å². The van der Waals surface area contributed by atoms with Crippen LogP contribution in [0.2, 0.25) is 0 Å². The van der Waals surface area contributed by atoms with Gasteiger partial charge in [0.25, 0.3) is 5.91 Å². The Morgan fingerprint density at radius 2 is 1.90 bits per heavy atom. The average molecular weight is 404 g/mol. The van der Waals surface area contributed by atoms with Crippen molar-refractivity contribution in [1.29, 1.82) is 0 Å². The molecule has 2 amide bonds. The molecular formula is C23H20N2O3S. The Kier molecular flexibility index (Phi) is 7.04. The zero-order chi connectivity index (χ0) is 20.5. The molecule has 2 N–H and O–H groups in total. The first kappa shape index (κ1) is 20.2. The van der Waals surface area contributed by atoms with Crippen molar-refractivity contribution in [3.05, 3.63) is 82.0 Å². The fourth-order valence-electron chi connectivity index (χ4n) is 2.55. The first-order valence-corrected chi connectivity index (χ1v) is 9.99. The smallest absolute Gasteiger partial charge is 0.255 e. The van der Waals surface area contributed by atoms with Crippen molar-refractivity contribution in [1.82, 2.24) is 5.32 Å². The van der Waals surface area contributed by atoms with E-state index in [2.05, 4.69) is 22.5 Å². The van der Waals surface area contributed by atoms with Crippen LogP contribution in [0.1, 0.15) is 27.7 Å². The van der Waals surface area contributed by atoms with Crippen LogP contribution < -0.4 is 15.4 Å². The quantitative estimate of drug-likeness (QED) is 0.612. The van der Waals surface area contributed by atoms with E-state index in [4.69, 9.17) is 4.74 Å². The van der Waals surface area contributed by atoms with Crippen LogP contribution in [0.4, 0.5) is 5.69 Å². The minimum absolute atomic E-state index is 0.148. The number of rotatable bonds is 6. The lowest BCUT2D eigenvalue weighted by Crippen LogP contribution is -2.33. The van der Waals surface area contributed by atoms with Crippen LogP contribution in [0.3, 0.4) is 0 Å². The highest BCUT2D eigenvalue weighted by Gasteiger charge is 2.13. The topological polar surface area (TPSA) is 67.4 Å². The summed E-state index contributed by atoms with van der Waals surface area (Å²) in [6.45, 7) is 2.15. The first-order chi connectivity index (χ1) is 14.2. The van der Waals surface area contributed by atoms with E-state index in [-0.39, 0.29) is 18.4 Å². The highest BCUT2D eigenvalue weighted by Crippen LogP contribution is 2.17. The molecule has 3 rings (SSSR count). The molecule has 0 atom stereocenters. The molecule has 0 radical (unpaired) electrons. The zero-order valence-electron chi connectivity index (χ0n) is 15.9. The monoisotopic (exact) mass is 404 g/mol. The van der Waals surface area contributed by atoms with Crippen molar-refractivity contribution in [2.24, 2.45) is 0 Å². The molecule has 6 heteroatoms. The second-order valence-electron chi connectivity index (χ2n) is 5.97. The molecule has 0 saturated heterocycles. The summed E-state index contributed by atoms with van der Waals surface area (Å²) in [7, 11) is 0. The van der Waals surface area contributed by atoms with Gasteiger partial charge in [-0.3, -0.25) is 9.59 Å². The third-order valence-electron chi connectivity index (χ3n) is 3.84. The predicted octanol–water partition coefficient (Wildman–Crippen LogP) is 3.92. The van der Waals surface area contributed by atoms with Crippen molar-refractivity contribution < 1.29 is 14.3 Å². The summed E-state index contributed by atoms with van der Waals surface area (Å²) in [4.78, 5) is 25.6. The number of carbonyl (C=O) groups excluding carboxylic acids is 2. The second kappa shape index (κ2) is 10.1. The highest BCUT2D eigenvalue weighted by atomic mass is 32.1. The molecule has 2 aromatic carbocycles. The maximum atomic E-state index is 12.4. The molecule has 0 bridgehead atoms. The number of anilines is 1. The molecular weight excluding hydrogens is 384 g/mol.